The largest absolute Gasteiger partial charge is 0.493 e. The Morgan fingerprint density at radius 3 is 2.00 bits per heavy atom. The Bertz CT molecular complexity index is 1440. The third kappa shape index (κ3) is 4.73. The lowest BCUT2D eigenvalue weighted by Crippen LogP contribution is -2.20. The summed E-state index contributed by atoms with van der Waals surface area (Å²) in [6.07, 6.45) is 0. The number of nitrogens with zero attached hydrogens (tertiary/aromatic N) is 1. The van der Waals surface area contributed by atoms with Crippen LogP contribution >= 0.6 is 22.6 Å². The summed E-state index contributed by atoms with van der Waals surface area (Å²) in [5.41, 5.74) is 2.88. The van der Waals surface area contributed by atoms with Gasteiger partial charge in [-0.25, -0.2) is 0 Å². The van der Waals surface area contributed by atoms with Crippen LogP contribution in [0.4, 0.5) is 5.69 Å². The van der Waals surface area contributed by atoms with Crippen molar-refractivity contribution < 1.29 is 14.4 Å². The molecular formula is C23H22IN5O6. The molecule has 35 heavy (non-hydrogen) atoms. The molecular weight excluding hydrogens is 569 g/mol. The number of aromatic nitrogens is 4. The molecule has 4 N–H and O–H groups in total. The number of H-pyrrole nitrogens is 4. The van der Waals surface area contributed by atoms with Gasteiger partial charge < -0.3 is 19.7 Å². The molecule has 0 aliphatic heterocycles. The van der Waals surface area contributed by atoms with E-state index in [0.29, 0.717) is 43.1 Å². The number of aromatic amines is 4. The van der Waals surface area contributed by atoms with Gasteiger partial charge in [0, 0.05) is 29.4 Å². The van der Waals surface area contributed by atoms with Gasteiger partial charge in [0.25, 0.3) is 16.8 Å². The van der Waals surface area contributed by atoms with Crippen molar-refractivity contribution >= 4 is 28.3 Å². The number of hydrogen-bond donors (Lipinski definition) is 4. The van der Waals surface area contributed by atoms with Crippen LogP contribution in [0.5, 0.6) is 11.5 Å². The second-order valence-electron chi connectivity index (χ2n) is 7.91. The monoisotopic (exact) mass is 591 g/mol. The van der Waals surface area contributed by atoms with Crippen LogP contribution in [0.3, 0.4) is 0 Å². The Hall–Kier alpha value is -3.81. The molecule has 0 saturated heterocycles. The van der Waals surface area contributed by atoms with Crippen LogP contribution in [0.1, 0.15) is 39.6 Å². The van der Waals surface area contributed by atoms with E-state index in [-0.39, 0.29) is 23.4 Å². The van der Waals surface area contributed by atoms with Crippen molar-refractivity contribution in [3.05, 3.63) is 104 Å². The van der Waals surface area contributed by atoms with Crippen molar-refractivity contribution in [1.82, 2.24) is 20.4 Å². The maximum absolute atomic E-state index is 12.7. The van der Waals surface area contributed by atoms with Crippen molar-refractivity contribution in [2.75, 3.05) is 7.11 Å². The Labute approximate surface area is 212 Å². The van der Waals surface area contributed by atoms with Gasteiger partial charge in [0.1, 0.15) is 6.61 Å². The van der Waals surface area contributed by atoms with Gasteiger partial charge in [-0.1, -0.05) is 0 Å². The summed E-state index contributed by atoms with van der Waals surface area (Å²) in [7, 11) is 1.51. The number of nitrogens with one attached hydrogen (secondary N) is 4. The van der Waals surface area contributed by atoms with E-state index < -0.39 is 10.8 Å². The van der Waals surface area contributed by atoms with Crippen molar-refractivity contribution in [3.8, 4) is 11.5 Å². The van der Waals surface area contributed by atoms with E-state index in [1.807, 2.05) is 6.07 Å². The van der Waals surface area contributed by atoms with Crippen LogP contribution < -0.4 is 20.6 Å². The average molecular weight is 591 g/mol. The topological polar surface area (TPSA) is 159 Å². The summed E-state index contributed by atoms with van der Waals surface area (Å²) in [4.78, 5) is 35.8. The van der Waals surface area contributed by atoms with E-state index in [4.69, 9.17) is 9.47 Å². The molecule has 2 heterocycles. The quantitative estimate of drug-likeness (QED) is 0.139. The lowest BCUT2D eigenvalue weighted by molar-refractivity contribution is -0.384. The number of nitro benzene ring substituents is 1. The minimum absolute atomic E-state index is 0.00128. The number of benzene rings is 2. The molecule has 0 atom stereocenters. The van der Waals surface area contributed by atoms with E-state index in [1.54, 1.807) is 32.0 Å². The van der Waals surface area contributed by atoms with Crippen LogP contribution in [0.25, 0.3) is 0 Å². The number of halogens is 1. The van der Waals surface area contributed by atoms with E-state index >= 15 is 0 Å². The summed E-state index contributed by atoms with van der Waals surface area (Å²) >= 11 is 2.11. The van der Waals surface area contributed by atoms with Crippen LogP contribution in [-0.4, -0.2) is 32.4 Å². The van der Waals surface area contributed by atoms with Crippen molar-refractivity contribution in [3.63, 3.8) is 0 Å². The fourth-order valence-corrected chi connectivity index (χ4v) is 4.78. The minimum atomic E-state index is -0.661. The summed E-state index contributed by atoms with van der Waals surface area (Å²) < 4.78 is 12.3. The fourth-order valence-electron chi connectivity index (χ4n) is 4.00. The Kier molecular flexibility index (Phi) is 6.82. The predicted molar refractivity (Wildman–Crippen MR) is 136 cm³/mol. The zero-order chi connectivity index (χ0) is 25.3. The van der Waals surface area contributed by atoms with Crippen LogP contribution in [0.2, 0.25) is 0 Å². The predicted octanol–water partition coefficient (Wildman–Crippen LogP) is 3.62. The lowest BCUT2D eigenvalue weighted by atomic mass is 9.85. The van der Waals surface area contributed by atoms with Gasteiger partial charge in [-0.3, -0.25) is 29.9 Å². The van der Waals surface area contributed by atoms with Gasteiger partial charge in [0.15, 0.2) is 11.5 Å². The minimum Gasteiger partial charge on any atom is -0.493 e. The van der Waals surface area contributed by atoms with Crippen molar-refractivity contribution in [1.29, 1.82) is 0 Å². The molecule has 12 heteroatoms. The van der Waals surface area contributed by atoms with E-state index in [1.165, 1.54) is 19.2 Å². The number of methoxy groups -OCH3 is 1. The maximum Gasteiger partial charge on any atom is 0.269 e. The third-order valence-electron chi connectivity index (χ3n) is 5.72. The molecule has 0 amide bonds. The van der Waals surface area contributed by atoms with Crippen molar-refractivity contribution in [2.24, 2.45) is 0 Å². The van der Waals surface area contributed by atoms with E-state index in [0.717, 1.165) is 5.56 Å². The summed E-state index contributed by atoms with van der Waals surface area (Å²) in [5, 5.41) is 21.7. The highest BCUT2D eigenvalue weighted by atomic mass is 127. The lowest BCUT2D eigenvalue weighted by Gasteiger charge is -2.20. The van der Waals surface area contributed by atoms with Gasteiger partial charge in [-0.05, 0) is 71.8 Å². The second kappa shape index (κ2) is 9.82. The van der Waals surface area contributed by atoms with Gasteiger partial charge >= 0.3 is 0 Å². The third-order valence-corrected chi connectivity index (χ3v) is 6.52. The van der Waals surface area contributed by atoms with E-state index in [9.17, 15) is 19.7 Å². The molecule has 0 unspecified atom stereocenters. The number of non-ortho nitro benzene ring substituents is 1. The number of rotatable bonds is 8. The molecule has 11 nitrogen and oxygen atoms in total. The smallest absolute Gasteiger partial charge is 0.269 e. The standard InChI is InChI=1S/C23H22IN5O6/c1-11-18(22(30)27-25-11)20(19-12(2)26-28-23(19)31)14-8-16(24)21(17(9-14)34-3)35-10-13-4-6-15(7-5-13)29(32)33/h4-9,20H,10H2,1-3H3,(H2,25,27,30)(H2,26,28,31). The molecule has 0 bridgehead atoms. The first-order valence-corrected chi connectivity index (χ1v) is 11.6. The van der Waals surface area contributed by atoms with Gasteiger partial charge in [0.2, 0.25) is 0 Å². The van der Waals surface area contributed by atoms with Gasteiger partial charge in [-0.2, -0.15) is 0 Å². The molecule has 0 spiro atoms. The highest BCUT2D eigenvalue weighted by Gasteiger charge is 2.29. The van der Waals surface area contributed by atoms with Gasteiger partial charge in [0.05, 0.1) is 26.7 Å². The number of aryl methyl sites for hydroxylation is 2. The van der Waals surface area contributed by atoms with Crippen LogP contribution in [-0.2, 0) is 6.61 Å². The SMILES string of the molecule is COc1cc(C(c2c(C)[nH][nH]c2=O)c2c(C)[nH][nH]c2=O)cc(I)c1OCc1ccc([N+](=O)[O-])cc1. The number of ether oxygens (including phenoxy) is 2. The molecule has 2 aromatic heterocycles. The second-order valence-corrected chi connectivity index (χ2v) is 9.08. The summed E-state index contributed by atoms with van der Waals surface area (Å²) in [6, 6.07) is 9.68. The first-order chi connectivity index (χ1) is 16.7. The summed E-state index contributed by atoms with van der Waals surface area (Å²) in [5.74, 6) is 0.243. The molecule has 0 saturated carbocycles. The summed E-state index contributed by atoms with van der Waals surface area (Å²) in [6.45, 7) is 3.70. The van der Waals surface area contributed by atoms with Crippen molar-refractivity contribution in [2.45, 2.75) is 26.4 Å². The first kappa shape index (κ1) is 24.3. The highest BCUT2D eigenvalue weighted by Crippen LogP contribution is 2.40. The molecule has 2 aromatic carbocycles. The van der Waals surface area contributed by atoms with E-state index in [2.05, 4.69) is 43.0 Å². The number of nitro groups is 1. The van der Waals surface area contributed by atoms with Gasteiger partial charge in [-0.15, -0.1) is 0 Å². The average Bonchev–Trinajstić information content (AvgIpc) is 3.34. The normalized spacial score (nSPS) is 11.1. The maximum atomic E-state index is 12.7. The first-order valence-electron chi connectivity index (χ1n) is 10.5. The molecule has 0 aliphatic rings. The molecule has 4 aromatic rings. The Morgan fingerprint density at radius 2 is 1.54 bits per heavy atom. The fraction of sp³-hybridized carbons (Fsp3) is 0.217. The Balaban J connectivity index is 1.75. The number of hydrogen-bond acceptors (Lipinski definition) is 6. The highest BCUT2D eigenvalue weighted by molar-refractivity contribution is 14.1. The molecule has 0 aliphatic carbocycles. The molecule has 182 valence electrons. The van der Waals surface area contributed by atoms with Crippen LogP contribution in [0, 0.1) is 27.5 Å². The zero-order valence-corrected chi connectivity index (χ0v) is 21.2. The zero-order valence-electron chi connectivity index (χ0n) is 19.0. The molecule has 0 fully saturated rings. The Morgan fingerprint density at radius 1 is 0.971 bits per heavy atom. The van der Waals surface area contributed by atoms with Crippen LogP contribution in [0.15, 0.2) is 46.0 Å². The molecule has 0 radical (unpaired) electrons. The molecule has 4 rings (SSSR count).